The Morgan fingerprint density at radius 1 is 1.35 bits per heavy atom. The average Bonchev–Trinajstić information content (AvgIpc) is 2.50. The average molecular weight is 305 g/mol. The van der Waals surface area contributed by atoms with E-state index in [1.165, 1.54) is 16.7 Å². The summed E-state index contributed by atoms with van der Waals surface area (Å²) in [4.78, 5) is 0. The molecular formula is C22H27N. The molecule has 1 N–H and O–H groups in total. The second-order valence-electron chi connectivity index (χ2n) is 5.71. The van der Waals surface area contributed by atoms with E-state index in [1.54, 1.807) is 6.08 Å². The predicted octanol–water partition coefficient (Wildman–Crippen LogP) is 5.33. The van der Waals surface area contributed by atoms with Crippen molar-refractivity contribution in [2.75, 3.05) is 0 Å². The first kappa shape index (κ1) is 18.6. The van der Waals surface area contributed by atoms with Crippen LogP contribution < -0.4 is 5.32 Å². The molecule has 0 aliphatic heterocycles. The highest BCUT2D eigenvalue weighted by Gasteiger charge is 2.11. The minimum atomic E-state index is 0.150. The van der Waals surface area contributed by atoms with Gasteiger partial charge in [-0.15, -0.1) is 12.3 Å². The number of hydrogen-bond acceptors (Lipinski definition) is 1. The molecule has 0 saturated carbocycles. The SMILES string of the molecule is C#CCC(CC(/C=C\C)=C/C=C)NC(=C)c1ccc(C)c(C)c1. The number of allylic oxidation sites excluding steroid dienone is 4. The van der Waals surface area contributed by atoms with Crippen LogP contribution in [-0.4, -0.2) is 6.04 Å². The van der Waals surface area contributed by atoms with Crippen LogP contribution in [0.15, 0.2) is 61.2 Å². The molecule has 0 amide bonds. The molecule has 1 atom stereocenters. The Bertz CT molecular complexity index is 653. The van der Waals surface area contributed by atoms with E-state index in [0.29, 0.717) is 6.42 Å². The molecule has 0 spiro atoms. The van der Waals surface area contributed by atoms with E-state index >= 15 is 0 Å². The summed E-state index contributed by atoms with van der Waals surface area (Å²) in [6, 6.07) is 6.52. The normalized spacial score (nSPS) is 12.7. The molecule has 23 heavy (non-hydrogen) atoms. The van der Waals surface area contributed by atoms with Gasteiger partial charge >= 0.3 is 0 Å². The van der Waals surface area contributed by atoms with Crippen molar-refractivity contribution >= 4 is 5.70 Å². The zero-order valence-electron chi connectivity index (χ0n) is 14.5. The maximum atomic E-state index is 5.53. The minimum absolute atomic E-state index is 0.150. The fourth-order valence-electron chi connectivity index (χ4n) is 2.42. The van der Waals surface area contributed by atoms with Gasteiger partial charge in [0.05, 0.1) is 0 Å². The Balaban J connectivity index is 2.88. The van der Waals surface area contributed by atoms with Gasteiger partial charge in [-0.3, -0.25) is 0 Å². The highest BCUT2D eigenvalue weighted by atomic mass is 14.9. The molecule has 0 aliphatic carbocycles. The molecule has 1 aromatic carbocycles. The quantitative estimate of drug-likeness (QED) is 0.505. The maximum absolute atomic E-state index is 5.53. The minimum Gasteiger partial charge on any atom is -0.381 e. The van der Waals surface area contributed by atoms with Gasteiger partial charge in [-0.05, 0) is 55.5 Å². The van der Waals surface area contributed by atoms with E-state index in [9.17, 15) is 0 Å². The maximum Gasteiger partial charge on any atom is 0.0410 e. The van der Waals surface area contributed by atoms with Crippen molar-refractivity contribution in [1.29, 1.82) is 0 Å². The summed E-state index contributed by atoms with van der Waals surface area (Å²) < 4.78 is 0. The summed E-state index contributed by atoms with van der Waals surface area (Å²) in [5.41, 5.74) is 5.76. The van der Waals surface area contributed by atoms with Gasteiger partial charge < -0.3 is 5.32 Å². The van der Waals surface area contributed by atoms with E-state index in [-0.39, 0.29) is 6.04 Å². The Kier molecular flexibility index (Phi) is 7.71. The molecule has 1 rings (SSSR count). The van der Waals surface area contributed by atoms with Crippen LogP contribution in [0.1, 0.15) is 36.5 Å². The van der Waals surface area contributed by atoms with Gasteiger partial charge in [0, 0.05) is 18.2 Å². The van der Waals surface area contributed by atoms with E-state index in [4.69, 9.17) is 6.42 Å². The van der Waals surface area contributed by atoms with Crippen LogP contribution in [0.4, 0.5) is 0 Å². The standard InChI is InChI=1S/C22H27N/c1-7-10-20(11-8-2)16-22(12-9-3)23-19(6)21-14-13-17(4)18(5)15-21/h3,7-8,10-11,13-15,22-23H,1,6,12,16H2,2,4-5H3/b11-8-,20-10+. The molecule has 1 nitrogen and oxygen atoms in total. The van der Waals surface area contributed by atoms with Crippen LogP contribution in [0.2, 0.25) is 0 Å². The molecule has 0 aromatic heterocycles. The Morgan fingerprint density at radius 3 is 2.65 bits per heavy atom. The summed E-state index contributed by atoms with van der Waals surface area (Å²) in [5, 5.41) is 3.48. The molecule has 1 unspecified atom stereocenters. The number of benzene rings is 1. The number of terminal acetylenes is 1. The highest BCUT2D eigenvalue weighted by Crippen LogP contribution is 2.18. The Morgan fingerprint density at radius 2 is 2.09 bits per heavy atom. The largest absolute Gasteiger partial charge is 0.381 e. The fourth-order valence-corrected chi connectivity index (χ4v) is 2.42. The molecule has 0 radical (unpaired) electrons. The van der Waals surface area contributed by atoms with Crippen LogP contribution in [0.25, 0.3) is 5.70 Å². The number of nitrogens with one attached hydrogen (secondary N) is 1. The van der Waals surface area contributed by atoms with Crippen molar-refractivity contribution in [2.45, 2.75) is 39.7 Å². The monoisotopic (exact) mass is 305 g/mol. The lowest BCUT2D eigenvalue weighted by Gasteiger charge is -2.20. The van der Waals surface area contributed by atoms with Crippen LogP contribution >= 0.6 is 0 Å². The second-order valence-corrected chi connectivity index (χ2v) is 5.71. The third kappa shape index (κ3) is 6.04. The molecule has 120 valence electrons. The molecule has 1 heteroatoms. The van der Waals surface area contributed by atoms with Crippen LogP contribution in [0, 0.1) is 26.2 Å². The third-order valence-corrected chi connectivity index (χ3v) is 3.79. The van der Waals surface area contributed by atoms with Crippen molar-refractivity contribution in [3.8, 4) is 12.3 Å². The predicted molar refractivity (Wildman–Crippen MR) is 103 cm³/mol. The molecule has 0 saturated heterocycles. The van der Waals surface area contributed by atoms with Crippen molar-refractivity contribution in [1.82, 2.24) is 5.32 Å². The lowest BCUT2D eigenvalue weighted by atomic mass is 10.0. The van der Waals surface area contributed by atoms with Crippen molar-refractivity contribution in [3.05, 3.63) is 77.9 Å². The first-order valence-electron chi connectivity index (χ1n) is 7.92. The first-order valence-corrected chi connectivity index (χ1v) is 7.92. The van der Waals surface area contributed by atoms with Gasteiger partial charge in [0.2, 0.25) is 0 Å². The molecule has 0 heterocycles. The molecule has 0 bridgehead atoms. The molecule has 1 aromatic rings. The lowest BCUT2D eigenvalue weighted by molar-refractivity contribution is 0.611. The fraction of sp³-hybridized carbons (Fsp3) is 0.273. The van der Waals surface area contributed by atoms with Crippen molar-refractivity contribution < 1.29 is 0 Å². The van der Waals surface area contributed by atoms with Gasteiger partial charge in [0.15, 0.2) is 0 Å². The number of rotatable bonds is 8. The van der Waals surface area contributed by atoms with Crippen molar-refractivity contribution in [2.24, 2.45) is 0 Å². The second kappa shape index (κ2) is 9.54. The van der Waals surface area contributed by atoms with E-state index in [1.807, 2.05) is 19.1 Å². The van der Waals surface area contributed by atoms with Crippen molar-refractivity contribution in [3.63, 3.8) is 0 Å². The zero-order valence-corrected chi connectivity index (χ0v) is 14.5. The Labute approximate surface area is 141 Å². The van der Waals surface area contributed by atoms with E-state index < -0.39 is 0 Å². The topological polar surface area (TPSA) is 12.0 Å². The van der Waals surface area contributed by atoms with Gasteiger partial charge in [0.1, 0.15) is 0 Å². The van der Waals surface area contributed by atoms with Gasteiger partial charge in [-0.1, -0.05) is 49.6 Å². The van der Waals surface area contributed by atoms with Gasteiger partial charge in [0.25, 0.3) is 0 Å². The Hall–Kier alpha value is -2.46. The lowest BCUT2D eigenvalue weighted by Crippen LogP contribution is -2.27. The molecule has 0 aliphatic rings. The van der Waals surface area contributed by atoms with Crippen LogP contribution in [0.5, 0.6) is 0 Å². The smallest absolute Gasteiger partial charge is 0.0410 e. The summed E-state index contributed by atoms with van der Waals surface area (Å²) in [6.07, 6.45) is 15.0. The summed E-state index contributed by atoms with van der Waals surface area (Å²) in [6.45, 7) is 14.2. The number of aryl methyl sites for hydroxylation is 2. The van der Waals surface area contributed by atoms with Crippen LogP contribution in [-0.2, 0) is 0 Å². The van der Waals surface area contributed by atoms with Crippen LogP contribution in [0.3, 0.4) is 0 Å². The third-order valence-electron chi connectivity index (χ3n) is 3.79. The summed E-state index contributed by atoms with van der Waals surface area (Å²) in [7, 11) is 0. The highest BCUT2D eigenvalue weighted by molar-refractivity contribution is 5.63. The summed E-state index contributed by atoms with van der Waals surface area (Å²) >= 11 is 0. The molecular weight excluding hydrogens is 278 g/mol. The first-order chi connectivity index (χ1) is 11.0. The van der Waals surface area contributed by atoms with Gasteiger partial charge in [-0.2, -0.15) is 0 Å². The van der Waals surface area contributed by atoms with Gasteiger partial charge in [-0.25, -0.2) is 0 Å². The summed E-state index contributed by atoms with van der Waals surface area (Å²) in [5.74, 6) is 2.75. The number of hydrogen-bond donors (Lipinski definition) is 1. The van der Waals surface area contributed by atoms with E-state index in [2.05, 4.69) is 62.5 Å². The molecule has 0 fully saturated rings. The zero-order chi connectivity index (χ0) is 17.2. The van der Waals surface area contributed by atoms with E-state index in [0.717, 1.165) is 17.7 Å².